The summed E-state index contributed by atoms with van der Waals surface area (Å²) >= 11 is 0. The largest absolute Gasteiger partial charge is 0.494 e. The first-order valence-corrected chi connectivity index (χ1v) is 4.88. The van der Waals surface area contributed by atoms with Crippen LogP contribution in [0.2, 0.25) is 0 Å². The molecular weight excluding hydrogens is 190 g/mol. The Hall–Kier alpha value is -1.84. The maximum atomic E-state index is 5.31. The van der Waals surface area contributed by atoms with E-state index in [-0.39, 0.29) is 0 Å². The number of rotatable bonds is 3. The van der Waals surface area contributed by atoms with Crippen molar-refractivity contribution in [1.82, 2.24) is 15.0 Å². The Morgan fingerprint density at radius 3 is 2.60 bits per heavy atom. The van der Waals surface area contributed by atoms with Gasteiger partial charge in [0, 0.05) is 0 Å². The maximum absolute atomic E-state index is 5.31. The number of aryl methyl sites for hydroxylation is 1. The first kappa shape index (κ1) is 9.71. The minimum atomic E-state index is 0.797. The summed E-state index contributed by atoms with van der Waals surface area (Å²) in [5.41, 5.74) is 2.10. The zero-order valence-electron chi connectivity index (χ0n) is 8.84. The van der Waals surface area contributed by atoms with E-state index in [0.29, 0.717) is 0 Å². The summed E-state index contributed by atoms with van der Waals surface area (Å²) in [5, 5.41) is 8.15. The van der Waals surface area contributed by atoms with E-state index >= 15 is 0 Å². The third kappa shape index (κ3) is 1.83. The van der Waals surface area contributed by atoms with Gasteiger partial charge in [0.2, 0.25) is 0 Å². The highest BCUT2D eigenvalue weighted by Crippen LogP contribution is 2.22. The zero-order chi connectivity index (χ0) is 10.7. The fraction of sp³-hybridized carbons (Fsp3) is 0.273. The lowest BCUT2D eigenvalue weighted by Crippen LogP contribution is -2.02. The first-order valence-electron chi connectivity index (χ1n) is 4.88. The Morgan fingerprint density at radius 1 is 1.27 bits per heavy atom. The molecule has 4 heteroatoms. The summed E-state index contributed by atoms with van der Waals surface area (Å²) in [4.78, 5) is 1.55. The number of hydrogen-bond donors (Lipinski definition) is 0. The van der Waals surface area contributed by atoms with E-state index in [0.717, 1.165) is 17.9 Å². The first-order chi connectivity index (χ1) is 7.35. The number of hydrogen-bond acceptors (Lipinski definition) is 3. The van der Waals surface area contributed by atoms with E-state index in [1.54, 1.807) is 24.3 Å². The van der Waals surface area contributed by atoms with Crippen LogP contribution in [0.4, 0.5) is 0 Å². The third-order valence-electron chi connectivity index (χ3n) is 2.29. The van der Waals surface area contributed by atoms with Crippen LogP contribution in [0.3, 0.4) is 0 Å². The quantitative estimate of drug-likeness (QED) is 0.764. The Morgan fingerprint density at radius 2 is 2.00 bits per heavy atom. The Labute approximate surface area is 88.5 Å². The molecule has 0 atom stereocenters. The van der Waals surface area contributed by atoms with Crippen LogP contribution >= 0.6 is 0 Å². The van der Waals surface area contributed by atoms with Crippen LogP contribution in [0, 0.1) is 0 Å². The van der Waals surface area contributed by atoms with Gasteiger partial charge in [0.25, 0.3) is 0 Å². The highest BCUT2D eigenvalue weighted by atomic mass is 16.5. The SMILES string of the molecule is CCc1ccc(-n2nccn2)c(OC)c1. The second kappa shape index (κ2) is 4.13. The average Bonchev–Trinajstić information content (AvgIpc) is 2.81. The second-order valence-corrected chi connectivity index (χ2v) is 3.18. The number of aromatic nitrogens is 3. The van der Waals surface area contributed by atoms with Crippen LogP contribution in [0.25, 0.3) is 5.69 Å². The van der Waals surface area contributed by atoms with Crippen molar-refractivity contribution in [2.75, 3.05) is 7.11 Å². The molecule has 4 nitrogen and oxygen atoms in total. The minimum Gasteiger partial charge on any atom is -0.494 e. The van der Waals surface area contributed by atoms with Gasteiger partial charge in [0.15, 0.2) is 0 Å². The van der Waals surface area contributed by atoms with Gasteiger partial charge in [-0.3, -0.25) is 0 Å². The Kier molecular flexibility index (Phi) is 2.67. The zero-order valence-corrected chi connectivity index (χ0v) is 8.84. The van der Waals surface area contributed by atoms with Gasteiger partial charge >= 0.3 is 0 Å². The molecule has 0 radical (unpaired) electrons. The van der Waals surface area contributed by atoms with Crippen LogP contribution in [-0.2, 0) is 6.42 Å². The van der Waals surface area contributed by atoms with E-state index in [2.05, 4.69) is 23.2 Å². The Balaban J connectivity index is 2.48. The summed E-state index contributed by atoms with van der Waals surface area (Å²) in [5.74, 6) is 0.797. The van der Waals surface area contributed by atoms with Crippen LogP contribution in [0.5, 0.6) is 5.75 Å². The van der Waals surface area contributed by atoms with E-state index < -0.39 is 0 Å². The van der Waals surface area contributed by atoms with Crippen molar-refractivity contribution < 1.29 is 4.74 Å². The molecule has 15 heavy (non-hydrogen) atoms. The van der Waals surface area contributed by atoms with Crippen molar-refractivity contribution in [3.05, 3.63) is 36.2 Å². The number of nitrogens with zero attached hydrogens (tertiary/aromatic N) is 3. The normalized spacial score (nSPS) is 10.3. The number of methoxy groups -OCH3 is 1. The van der Waals surface area contributed by atoms with Crippen molar-refractivity contribution in [2.24, 2.45) is 0 Å². The van der Waals surface area contributed by atoms with Crippen LogP contribution < -0.4 is 4.74 Å². The van der Waals surface area contributed by atoms with Crippen molar-refractivity contribution in [1.29, 1.82) is 0 Å². The number of ether oxygens (including phenoxy) is 1. The highest BCUT2D eigenvalue weighted by molar-refractivity contribution is 5.47. The lowest BCUT2D eigenvalue weighted by atomic mass is 10.1. The van der Waals surface area contributed by atoms with E-state index in [1.807, 2.05) is 12.1 Å². The van der Waals surface area contributed by atoms with Crippen molar-refractivity contribution in [3.8, 4) is 11.4 Å². The molecule has 0 saturated heterocycles. The molecule has 0 amide bonds. The fourth-order valence-corrected chi connectivity index (χ4v) is 1.45. The van der Waals surface area contributed by atoms with Crippen LogP contribution in [0.1, 0.15) is 12.5 Å². The second-order valence-electron chi connectivity index (χ2n) is 3.18. The van der Waals surface area contributed by atoms with E-state index in [9.17, 15) is 0 Å². The van der Waals surface area contributed by atoms with Gasteiger partial charge in [-0.05, 0) is 24.1 Å². The predicted octanol–water partition coefficient (Wildman–Crippen LogP) is 1.84. The lowest BCUT2D eigenvalue weighted by Gasteiger charge is -2.08. The lowest BCUT2D eigenvalue weighted by molar-refractivity contribution is 0.409. The summed E-state index contributed by atoms with van der Waals surface area (Å²) in [6.45, 7) is 2.11. The standard InChI is InChI=1S/C11H13N3O/c1-3-9-4-5-10(11(8-9)15-2)14-12-6-7-13-14/h4-8H,3H2,1-2H3. The summed E-state index contributed by atoms with van der Waals surface area (Å²) in [7, 11) is 1.65. The topological polar surface area (TPSA) is 39.9 Å². The van der Waals surface area contributed by atoms with Crippen molar-refractivity contribution >= 4 is 0 Å². The molecule has 78 valence electrons. The average molecular weight is 203 g/mol. The molecule has 2 aromatic rings. The molecule has 0 aliphatic rings. The summed E-state index contributed by atoms with van der Waals surface area (Å²) < 4.78 is 5.31. The monoisotopic (exact) mass is 203 g/mol. The van der Waals surface area contributed by atoms with Gasteiger partial charge in [-0.25, -0.2) is 0 Å². The van der Waals surface area contributed by atoms with Gasteiger partial charge in [0.1, 0.15) is 11.4 Å². The molecular formula is C11H13N3O. The van der Waals surface area contributed by atoms with Crippen molar-refractivity contribution in [3.63, 3.8) is 0 Å². The molecule has 0 aliphatic heterocycles. The predicted molar refractivity (Wildman–Crippen MR) is 57.3 cm³/mol. The molecule has 0 saturated carbocycles. The van der Waals surface area contributed by atoms with Crippen LogP contribution in [0.15, 0.2) is 30.6 Å². The highest BCUT2D eigenvalue weighted by Gasteiger charge is 2.06. The van der Waals surface area contributed by atoms with Gasteiger partial charge in [0.05, 0.1) is 19.5 Å². The Bertz CT molecular complexity index is 437. The third-order valence-corrected chi connectivity index (χ3v) is 2.29. The molecule has 0 aliphatic carbocycles. The molecule has 1 heterocycles. The summed E-state index contributed by atoms with van der Waals surface area (Å²) in [6, 6.07) is 6.04. The van der Waals surface area contributed by atoms with Gasteiger partial charge in [-0.1, -0.05) is 13.0 Å². The molecule has 0 unspecified atom stereocenters. The minimum absolute atomic E-state index is 0.797. The van der Waals surface area contributed by atoms with Crippen LogP contribution in [-0.4, -0.2) is 22.1 Å². The molecule has 0 spiro atoms. The summed E-state index contributed by atoms with van der Waals surface area (Å²) in [6.07, 6.45) is 4.28. The molecule has 0 fully saturated rings. The molecule has 0 N–H and O–H groups in total. The smallest absolute Gasteiger partial charge is 0.146 e. The van der Waals surface area contributed by atoms with Gasteiger partial charge in [-0.15, -0.1) is 4.80 Å². The van der Waals surface area contributed by atoms with E-state index in [1.165, 1.54) is 5.56 Å². The van der Waals surface area contributed by atoms with Crippen molar-refractivity contribution in [2.45, 2.75) is 13.3 Å². The number of benzene rings is 1. The molecule has 2 rings (SSSR count). The van der Waals surface area contributed by atoms with Gasteiger partial charge < -0.3 is 4.74 Å². The van der Waals surface area contributed by atoms with Gasteiger partial charge in [-0.2, -0.15) is 10.2 Å². The van der Waals surface area contributed by atoms with E-state index in [4.69, 9.17) is 4.74 Å². The fourth-order valence-electron chi connectivity index (χ4n) is 1.45. The maximum Gasteiger partial charge on any atom is 0.146 e. The molecule has 1 aromatic carbocycles. The molecule has 1 aromatic heterocycles. The molecule has 0 bridgehead atoms.